The lowest BCUT2D eigenvalue weighted by Crippen LogP contribution is -1.97. The topological polar surface area (TPSA) is 35.2 Å². The average molecular weight is 268 g/mol. The summed E-state index contributed by atoms with van der Waals surface area (Å²) in [6.07, 6.45) is 0. The summed E-state index contributed by atoms with van der Waals surface area (Å²) in [5.74, 6) is 0.464. The smallest absolute Gasteiger partial charge is 0.157 e. The van der Waals surface area contributed by atoms with E-state index in [9.17, 15) is 0 Å². The fourth-order valence-electron chi connectivity index (χ4n) is 1.45. The van der Waals surface area contributed by atoms with Gasteiger partial charge in [-0.1, -0.05) is 53.5 Å². The summed E-state index contributed by atoms with van der Waals surface area (Å²) >= 11 is 12.0. The number of hydrogen-bond donors (Lipinski definition) is 1. The third-order valence-electron chi connectivity index (χ3n) is 2.25. The molecule has 2 N–H and O–H groups in total. The van der Waals surface area contributed by atoms with Crippen molar-refractivity contribution < 1.29 is 4.74 Å². The van der Waals surface area contributed by atoms with Crippen LogP contribution in [0.2, 0.25) is 10.0 Å². The van der Waals surface area contributed by atoms with E-state index in [1.165, 1.54) is 0 Å². The number of rotatable bonds is 3. The number of halogens is 2. The van der Waals surface area contributed by atoms with Crippen LogP contribution in [-0.2, 0) is 6.61 Å². The van der Waals surface area contributed by atoms with Gasteiger partial charge in [-0.15, -0.1) is 0 Å². The van der Waals surface area contributed by atoms with Crippen molar-refractivity contribution in [3.8, 4) is 5.75 Å². The van der Waals surface area contributed by atoms with Crippen LogP contribution in [0, 0.1) is 0 Å². The second kappa shape index (κ2) is 5.30. The van der Waals surface area contributed by atoms with Gasteiger partial charge >= 0.3 is 0 Å². The Bertz CT molecular complexity index is 491. The molecule has 0 radical (unpaired) electrons. The van der Waals surface area contributed by atoms with Crippen molar-refractivity contribution in [2.45, 2.75) is 6.61 Å². The van der Waals surface area contributed by atoms with Crippen LogP contribution in [-0.4, -0.2) is 0 Å². The highest BCUT2D eigenvalue weighted by molar-refractivity contribution is 6.37. The molecule has 0 aliphatic carbocycles. The van der Waals surface area contributed by atoms with E-state index in [0.717, 1.165) is 5.56 Å². The van der Waals surface area contributed by atoms with Gasteiger partial charge in [0.15, 0.2) is 5.75 Å². The first-order valence-corrected chi connectivity index (χ1v) is 5.83. The third kappa shape index (κ3) is 3.05. The Morgan fingerprint density at radius 1 is 1.00 bits per heavy atom. The second-order valence-electron chi connectivity index (χ2n) is 3.59. The normalized spacial score (nSPS) is 10.2. The zero-order chi connectivity index (χ0) is 12.3. The first-order chi connectivity index (χ1) is 8.16. The molecule has 0 unspecified atom stereocenters. The molecule has 2 rings (SSSR count). The minimum Gasteiger partial charge on any atom is -0.486 e. The lowest BCUT2D eigenvalue weighted by molar-refractivity contribution is 0.306. The van der Waals surface area contributed by atoms with Gasteiger partial charge in [0, 0.05) is 5.69 Å². The maximum absolute atomic E-state index is 6.01. The molecule has 0 aliphatic rings. The van der Waals surface area contributed by atoms with Crippen LogP contribution >= 0.6 is 23.2 Å². The maximum atomic E-state index is 6.01. The Labute approximate surface area is 110 Å². The van der Waals surface area contributed by atoms with Crippen LogP contribution in [0.1, 0.15) is 5.56 Å². The Morgan fingerprint density at radius 2 is 1.59 bits per heavy atom. The quantitative estimate of drug-likeness (QED) is 0.848. The fourth-order valence-corrected chi connectivity index (χ4v) is 2.06. The molecule has 0 aliphatic heterocycles. The van der Waals surface area contributed by atoms with Gasteiger partial charge < -0.3 is 10.5 Å². The molecule has 4 heteroatoms. The van der Waals surface area contributed by atoms with Crippen molar-refractivity contribution in [1.82, 2.24) is 0 Å². The van der Waals surface area contributed by atoms with Gasteiger partial charge in [0.05, 0.1) is 10.0 Å². The lowest BCUT2D eigenvalue weighted by Gasteiger charge is -2.10. The summed E-state index contributed by atoms with van der Waals surface area (Å²) < 4.78 is 5.59. The number of anilines is 1. The molecule has 0 heterocycles. The Balaban J connectivity index is 2.15. The lowest BCUT2D eigenvalue weighted by atomic mass is 10.2. The van der Waals surface area contributed by atoms with Gasteiger partial charge in [-0.25, -0.2) is 0 Å². The molecule has 0 atom stereocenters. The molecule has 0 saturated heterocycles. The Hall–Kier alpha value is -1.38. The van der Waals surface area contributed by atoms with E-state index < -0.39 is 0 Å². The predicted octanol–water partition coefficient (Wildman–Crippen LogP) is 4.15. The molecular formula is C13H11Cl2NO. The summed E-state index contributed by atoms with van der Waals surface area (Å²) in [7, 11) is 0. The third-order valence-corrected chi connectivity index (χ3v) is 2.81. The molecule has 0 saturated carbocycles. The van der Waals surface area contributed by atoms with Crippen molar-refractivity contribution in [1.29, 1.82) is 0 Å². The van der Waals surface area contributed by atoms with Crippen LogP contribution < -0.4 is 10.5 Å². The standard InChI is InChI=1S/C13H11Cl2NO/c14-11-6-10(16)7-12(15)13(11)17-8-9-4-2-1-3-5-9/h1-7H,8,16H2. The SMILES string of the molecule is Nc1cc(Cl)c(OCc2ccccc2)c(Cl)c1. The monoisotopic (exact) mass is 267 g/mol. The minimum absolute atomic E-state index is 0.421. The van der Waals surface area contributed by atoms with Gasteiger partial charge in [0.2, 0.25) is 0 Å². The molecule has 0 bridgehead atoms. The van der Waals surface area contributed by atoms with Crippen molar-refractivity contribution >= 4 is 28.9 Å². The molecule has 0 amide bonds. The highest BCUT2D eigenvalue weighted by Gasteiger charge is 2.08. The molecular weight excluding hydrogens is 257 g/mol. The van der Waals surface area contributed by atoms with E-state index in [-0.39, 0.29) is 0 Å². The fraction of sp³-hybridized carbons (Fsp3) is 0.0769. The van der Waals surface area contributed by atoms with Gasteiger partial charge in [-0.05, 0) is 17.7 Å². The number of benzene rings is 2. The van der Waals surface area contributed by atoms with Crippen molar-refractivity contribution in [2.24, 2.45) is 0 Å². The van der Waals surface area contributed by atoms with E-state index in [1.807, 2.05) is 30.3 Å². The number of hydrogen-bond acceptors (Lipinski definition) is 2. The summed E-state index contributed by atoms with van der Waals surface area (Å²) in [5, 5.41) is 0.844. The number of nitrogen functional groups attached to an aromatic ring is 1. The molecule has 2 aromatic rings. The highest BCUT2D eigenvalue weighted by atomic mass is 35.5. The first kappa shape index (κ1) is 12.1. The van der Waals surface area contributed by atoms with E-state index in [4.69, 9.17) is 33.7 Å². The van der Waals surface area contributed by atoms with Crippen LogP contribution in [0.15, 0.2) is 42.5 Å². The van der Waals surface area contributed by atoms with E-state index in [1.54, 1.807) is 12.1 Å². The summed E-state index contributed by atoms with van der Waals surface area (Å²) in [5.41, 5.74) is 7.18. The Kier molecular flexibility index (Phi) is 3.77. The van der Waals surface area contributed by atoms with Crippen LogP contribution in [0.4, 0.5) is 5.69 Å². The van der Waals surface area contributed by atoms with Gasteiger partial charge in [-0.2, -0.15) is 0 Å². The number of ether oxygens (including phenoxy) is 1. The van der Waals surface area contributed by atoms with Gasteiger partial charge in [-0.3, -0.25) is 0 Å². The minimum atomic E-state index is 0.421. The molecule has 17 heavy (non-hydrogen) atoms. The number of nitrogens with two attached hydrogens (primary N) is 1. The van der Waals surface area contributed by atoms with Crippen LogP contribution in [0.25, 0.3) is 0 Å². The largest absolute Gasteiger partial charge is 0.486 e. The molecule has 88 valence electrons. The predicted molar refractivity (Wildman–Crippen MR) is 71.6 cm³/mol. The van der Waals surface area contributed by atoms with E-state index in [2.05, 4.69) is 0 Å². The van der Waals surface area contributed by atoms with Crippen molar-refractivity contribution in [3.05, 3.63) is 58.1 Å². The molecule has 2 nitrogen and oxygen atoms in total. The van der Waals surface area contributed by atoms with Gasteiger partial charge in [0.1, 0.15) is 6.61 Å². The van der Waals surface area contributed by atoms with Crippen LogP contribution in [0.3, 0.4) is 0 Å². The highest BCUT2D eigenvalue weighted by Crippen LogP contribution is 2.35. The van der Waals surface area contributed by atoms with Crippen LogP contribution in [0.5, 0.6) is 5.75 Å². The second-order valence-corrected chi connectivity index (χ2v) is 4.40. The summed E-state index contributed by atoms with van der Waals surface area (Å²) in [4.78, 5) is 0. The zero-order valence-electron chi connectivity index (χ0n) is 8.99. The summed E-state index contributed by atoms with van der Waals surface area (Å²) in [6, 6.07) is 13.0. The van der Waals surface area contributed by atoms with Gasteiger partial charge in [0.25, 0.3) is 0 Å². The molecule has 0 aromatic heterocycles. The van der Waals surface area contributed by atoms with E-state index >= 15 is 0 Å². The molecule has 2 aromatic carbocycles. The first-order valence-electron chi connectivity index (χ1n) is 5.08. The zero-order valence-corrected chi connectivity index (χ0v) is 10.5. The maximum Gasteiger partial charge on any atom is 0.157 e. The summed E-state index contributed by atoms with van der Waals surface area (Å²) in [6.45, 7) is 0.421. The van der Waals surface area contributed by atoms with E-state index in [0.29, 0.717) is 28.1 Å². The average Bonchev–Trinajstić information content (AvgIpc) is 2.29. The molecule has 0 fully saturated rings. The van der Waals surface area contributed by atoms with Crippen molar-refractivity contribution in [3.63, 3.8) is 0 Å². The Morgan fingerprint density at radius 3 is 2.18 bits per heavy atom. The molecule has 0 spiro atoms. The van der Waals surface area contributed by atoms with Crippen molar-refractivity contribution in [2.75, 3.05) is 5.73 Å².